The second-order valence-corrected chi connectivity index (χ2v) is 4.34. The standard InChI is InChI=1S/C13H18N2O2/c1-9-5-3-4-6-11(9)7-14-13(16)12-10(2)17-8-15-12/h3-6,10,12,15H,7-8H2,1-2H3,(H,14,16)/t10-,12+/m1/s1. The van der Waals surface area contributed by atoms with Crippen molar-refractivity contribution in [2.24, 2.45) is 0 Å². The molecule has 1 fully saturated rings. The van der Waals surface area contributed by atoms with Gasteiger partial charge in [0.15, 0.2) is 0 Å². The highest BCUT2D eigenvalue weighted by atomic mass is 16.5. The van der Waals surface area contributed by atoms with Crippen molar-refractivity contribution in [1.82, 2.24) is 10.6 Å². The number of benzene rings is 1. The van der Waals surface area contributed by atoms with Crippen LogP contribution in [-0.2, 0) is 16.1 Å². The van der Waals surface area contributed by atoms with Crippen molar-refractivity contribution in [3.63, 3.8) is 0 Å². The van der Waals surface area contributed by atoms with E-state index in [0.717, 1.165) is 5.56 Å². The van der Waals surface area contributed by atoms with Gasteiger partial charge in [-0.15, -0.1) is 0 Å². The Kier molecular flexibility index (Phi) is 3.76. The minimum absolute atomic E-state index is 0.00162. The SMILES string of the molecule is Cc1ccccc1CNC(=O)[C@H]1NCO[C@@H]1C. The van der Waals surface area contributed by atoms with E-state index in [1.54, 1.807) is 0 Å². The van der Waals surface area contributed by atoms with Gasteiger partial charge in [0.2, 0.25) is 5.91 Å². The molecule has 4 heteroatoms. The zero-order valence-electron chi connectivity index (χ0n) is 10.2. The Morgan fingerprint density at radius 2 is 2.29 bits per heavy atom. The van der Waals surface area contributed by atoms with Gasteiger partial charge in [-0.05, 0) is 25.0 Å². The van der Waals surface area contributed by atoms with Crippen LogP contribution in [0.4, 0.5) is 0 Å². The van der Waals surface area contributed by atoms with Gasteiger partial charge >= 0.3 is 0 Å². The molecule has 0 unspecified atom stereocenters. The molecule has 0 bridgehead atoms. The number of carbonyl (C=O) groups excluding carboxylic acids is 1. The topological polar surface area (TPSA) is 50.4 Å². The smallest absolute Gasteiger partial charge is 0.240 e. The van der Waals surface area contributed by atoms with Crippen molar-refractivity contribution in [2.45, 2.75) is 32.5 Å². The van der Waals surface area contributed by atoms with Crippen molar-refractivity contribution in [1.29, 1.82) is 0 Å². The van der Waals surface area contributed by atoms with E-state index >= 15 is 0 Å². The first-order valence-corrected chi connectivity index (χ1v) is 5.85. The number of hydrogen-bond donors (Lipinski definition) is 2. The predicted molar refractivity (Wildman–Crippen MR) is 65.4 cm³/mol. The summed E-state index contributed by atoms with van der Waals surface area (Å²) in [7, 11) is 0. The van der Waals surface area contributed by atoms with E-state index in [-0.39, 0.29) is 18.1 Å². The number of carbonyl (C=O) groups is 1. The molecule has 1 amide bonds. The highest BCUT2D eigenvalue weighted by Gasteiger charge is 2.29. The van der Waals surface area contributed by atoms with Crippen LogP contribution in [0, 0.1) is 6.92 Å². The Morgan fingerprint density at radius 1 is 1.53 bits per heavy atom. The fraction of sp³-hybridized carbons (Fsp3) is 0.462. The molecule has 0 aromatic heterocycles. The third-order valence-electron chi connectivity index (χ3n) is 3.12. The summed E-state index contributed by atoms with van der Waals surface area (Å²) in [5.41, 5.74) is 2.34. The number of aryl methyl sites for hydroxylation is 1. The van der Waals surface area contributed by atoms with Crippen molar-refractivity contribution in [3.05, 3.63) is 35.4 Å². The third kappa shape index (κ3) is 2.84. The molecule has 0 aliphatic carbocycles. The molecule has 92 valence electrons. The fourth-order valence-electron chi connectivity index (χ4n) is 1.94. The summed E-state index contributed by atoms with van der Waals surface area (Å²) < 4.78 is 5.29. The summed E-state index contributed by atoms with van der Waals surface area (Å²) in [6.45, 7) is 4.96. The minimum Gasteiger partial charge on any atom is -0.361 e. The lowest BCUT2D eigenvalue weighted by atomic mass is 10.1. The normalized spacial score (nSPS) is 23.6. The lowest BCUT2D eigenvalue weighted by Crippen LogP contribution is -2.44. The molecule has 4 nitrogen and oxygen atoms in total. The molecule has 2 atom stereocenters. The molecule has 1 aromatic carbocycles. The lowest BCUT2D eigenvalue weighted by Gasteiger charge is -2.14. The average molecular weight is 234 g/mol. The van der Waals surface area contributed by atoms with Crippen molar-refractivity contribution < 1.29 is 9.53 Å². The summed E-state index contributed by atoms with van der Waals surface area (Å²) in [6.07, 6.45) is -0.0631. The van der Waals surface area contributed by atoms with Crippen LogP contribution in [0.5, 0.6) is 0 Å². The van der Waals surface area contributed by atoms with Crippen LogP contribution in [0.3, 0.4) is 0 Å². The monoisotopic (exact) mass is 234 g/mol. The first-order chi connectivity index (χ1) is 8.18. The number of amides is 1. The van der Waals surface area contributed by atoms with Crippen LogP contribution in [0.15, 0.2) is 24.3 Å². The van der Waals surface area contributed by atoms with Gasteiger partial charge in [0.1, 0.15) is 6.04 Å². The van der Waals surface area contributed by atoms with Gasteiger partial charge < -0.3 is 10.1 Å². The Morgan fingerprint density at radius 3 is 2.94 bits per heavy atom. The van der Waals surface area contributed by atoms with E-state index < -0.39 is 0 Å². The molecule has 2 rings (SSSR count). The van der Waals surface area contributed by atoms with Crippen LogP contribution in [0.25, 0.3) is 0 Å². The molecule has 2 N–H and O–H groups in total. The number of hydrogen-bond acceptors (Lipinski definition) is 3. The van der Waals surface area contributed by atoms with Gasteiger partial charge in [0, 0.05) is 6.54 Å². The van der Waals surface area contributed by atoms with Crippen LogP contribution >= 0.6 is 0 Å². The zero-order chi connectivity index (χ0) is 12.3. The molecule has 1 aliphatic rings. The molecule has 17 heavy (non-hydrogen) atoms. The summed E-state index contributed by atoms with van der Waals surface area (Å²) in [4.78, 5) is 11.9. The lowest BCUT2D eigenvalue weighted by molar-refractivity contribution is -0.123. The molecular weight excluding hydrogens is 216 g/mol. The average Bonchev–Trinajstić information content (AvgIpc) is 2.74. The Balaban J connectivity index is 1.90. The van der Waals surface area contributed by atoms with E-state index in [1.807, 2.05) is 38.1 Å². The van der Waals surface area contributed by atoms with Gasteiger partial charge in [-0.2, -0.15) is 0 Å². The summed E-state index contributed by atoms with van der Waals surface area (Å²) >= 11 is 0. The highest BCUT2D eigenvalue weighted by molar-refractivity contribution is 5.82. The quantitative estimate of drug-likeness (QED) is 0.818. The fourth-order valence-corrected chi connectivity index (χ4v) is 1.94. The maximum absolute atomic E-state index is 11.9. The molecule has 1 saturated heterocycles. The van der Waals surface area contributed by atoms with E-state index in [4.69, 9.17) is 4.74 Å². The number of ether oxygens (including phenoxy) is 1. The van der Waals surface area contributed by atoms with E-state index in [9.17, 15) is 4.79 Å². The summed E-state index contributed by atoms with van der Waals surface area (Å²) in [6, 6.07) is 7.81. The second kappa shape index (κ2) is 5.29. The molecule has 0 spiro atoms. The molecular formula is C13H18N2O2. The zero-order valence-corrected chi connectivity index (χ0v) is 10.2. The van der Waals surface area contributed by atoms with Gasteiger partial charge in [-0.25, -0.2) is 0 Å². The molecule has 1 aromatic rings. The molecule has 1 aliphatic heterocycles. The summed E-state index contributed by atoms with van der Waals surface area (Å²) in [5, 5.41) is 5.95. The van der Waals surface area contributed by atoms with Gasteiger partial charge in [-0.1, -0.05) is 24.3 Å². The maximum Gasteiger partial charge on any atom is 0.240 e. The minimum atomic E-state index is -0.237. The Bertz CT molecular complexity index is 406. The van der Waals surface area contributed by atoms with Crippen molar-refractivity contribution >= 4 is 5.91 Å². The van der Waals surface area contributed by atoms with Crippen molar-refractivity contribution in [2.75, 3.05) is 6.73 Å². The Hall–Kier alpha value is -1.39. The largest absolute Gasteiger partial charge is 0.361 e. The van der Waals surface area contributed by atoms with Crippen LogP contribution < -0.4 is 10.6 Å². The van der Waals surface area contributed by atoms with E-state index in [0.29, 0.717) is 13.3 Å². The first kappa shape index (κ1) is 12.1. The van der Waals surface area contributed by atoms with Crippen LogP contribution in [-0.4, -0.2) is 24.8 Å². The van der Waals surface area contributed by atoms with Gasteiger partial charge in [0.25, 0.3) is 0 Å². The molecule has 1 heterocycles. The first-order valence-electron chi connectivity index (χ1n) is 5.85. The van der Waals surface area contributed by atoms with Crippen LogP contribution in [0.2, 0.25) is 0 Å². The number of rotatable bonds is 3. The number of nitrogens with one attached hydrogen (secondary N) is 2. The van der Waals surface area contributed by atoms with E-state index in [1.165, 1.54) is 5.56 Å². The van der Waals surface area contributed by atoms with E-state index in [2.05, 4.69) is 10.6 Å². The second-order valence-electron chi connectivity index (χ2n) is 4.34. The Labute approximate surface area is 101 Å². The third-order valence-corrected chi connectivity index (χ3v) is 3.12. The van der Waals surface area contributed by atoms with Crippen LogP contribution in [0.1, 0.15) is 18.1 Å². The molecule has 0 radical (unpaired) electrons. The van der Waals surface area contributed by atoms with Gasteiger partial charge in [-0.3, -0.25) is 10.1 Å². The maximum atomic E-state index is 11.9. The van der Waals surface area contributed by atoms with Crippen molar-refractivity contribution in [3.8, 4) is 0 Å². The summed E-state index contributed by atoms with van der Waals surface area (Å²) in [5.74, 6) is -0.00162. The predicted octanol–water partition coefficient (Wildman–Crippen LogP) is 0.946. The molecule has 0 saturated carbocycles. The van der Waals surface area contributed by atoms with Gasteiger partial charge in [0.05, 0.1) is 12.8 Å². The highest BCUT2D eigenvalue weighted by Crippen LogP contribution is 2.08.